The minimum absolute atomic E-state index is 0.267. The molecule has 1 aliphatic carbocycles. The van der Waals surface area contributed by atoms with E-state index in [-0.39, 0.29) is 5.69 Å². The standard InChI is InChI=1S/C14H12BrN3O2/c1-20-14(19)12-9(11-10(15)3-2-6-16-11)7-17-13(18-12)8-4-5-8/h2-3,6-8H,4-5H2,1H3. The fraction of sp³-hybridized carbons (Fsp3) is 0.286. The quantitative estimate of drug-likeness (QED) is 0.808. The summed E-state index contributed by atoms with van der Waals surface area (Å²) in [5, 5.41) is 0. The molecule has 0 aromatic carbocycles. The van der Waals surface area contributed by atoms with Crippen LogP contribution in [0.2, 0.25) is 0 Å². The Labute approximate surface area is 124 Å². The van der Waals surface area contributed by atoms with Gasteiger partial charge in [-0.15, -0.1) is 0 Å². The number of ether oxygens (including phenoxy) is 1. The summed E-state index contributed by atoms with van der Waals surface area (Å²) in [6.07, 6.45) is 5.47. The van der Waals surface area contributed by atoms with Crippen LogP contribution in [0.15, 0.2) is 29.0 Å². The third kappa shape index (κ3) is 2.43. The molecule has 0 atom stereocenters. The fourth-order valence-corrected chi connectivity index (χ4v) is 2.41. The molecule has 2 aromatic heterocycles. The molecule has 2 heterocycles. The number of carbonyl (C=O) groups excluding carboxylic acids is 1. The van der Waals surface area contributed by atoms with Crippen LogP contribution < -0.4 is 0 Å². The SMILES string of the molecule is COC(=O)c1nc(C2CC2)ncc1-c1ncccc1Br. The van der Waals surface area contributed by atoms with Gasteiger partial charge in [0.2, 0.25) is 0 Å². The zero-order valence-electron chi connectivity index (χ0n) is 10.8. The molecule has 0 amide bonds. The highest BCUT2D eigenvalue weighted by molar-refractivity contribution is 9.10. The Hall–Kier alpha value is -1.82. The van der Waals surface area contributed by atoms with Gasteiger partial charge in [0.05, 0.1) is 18.4 Å². The van der Waals surface area contributed by atoms with E-state index in [1.54, 1.807) is 12.4 Å². The maximum atomic E-state index is 12.0. The number of esters is 1. The molecule has 0 saturated heterocycles. The second-order valence-corrected chi connectivity index (χ2v) is 5.44. The van der Waals surface area contributed by atoms with Gasteiger partial charge in [0.15, 0.2) is 5.69 Å². The maximum Gasteiger partial charge on any atom is 0.357 e. The molecule has 1 aliphatic rings. The van der Waals surface area contributed by atoms with Crippen LogP contribution in [0.4, 0.5) is 0 Å². The zero-order valence-corrected chi connectivity index (χ0v) is 12.4. The summed E-state index contributed by atoms with van der Waals surface area (Å²) < 4.78 is 5.61. The Morgan fingerprint density at radius 1 is 1.40 bits per heavy atom. The van der Waals surface area contributed by atoms with Gasteiger partial charge in [0, 0.05) is 22.8 Å². The van der Waals surface area contributed by atoms with Gasteiger partial charge < -0.3 is 4.74 Å². The third-order valence-electron chi connectivity index (χ3n) is 3.14. The van der Waals surface area contributed by atoms with Crippen molar-refractivity contribution >= 4 is 21.9 Å². The van der Waals surface area contributed by atoms with E-state index < -0.39 is 5.97 Å². The van der Waals surface area contributed by atoms with Crippen LogP contribution in [-0.2, 0) is 4.74 Å². The van der Waals surface area contributed by atoms with E-state index in [1.165, 1.54) is 7.11 Å². The lowest BCUT2D eigenvalue weighted by Gasteiger charge is -2.09. The summed E-state index contributed by atoms with van der Waals surface area (Å²) in [5.74, 6) is 0.614. The van der Waals surface area contributed by atoms with E-state index in [1.807, 2.05) is 12.1 Å². The van der Waals surface area contributed by atoms with Crippen molar-refractivity contribution in [1.82, 2.24) is 15.0 Å². The monoisotopic (exact) mass is 333 g/mol. The number of halogens is 1. The lowest BCUT2D eigenvalue weighted by molar-refractivity contribution is 0.0594. The van der Waals surface area contributed by atoms with Crippen molar-refractivity contribution in [3.05, 3.63) is 40.5 Å². The number of hydrogen-bond acceptors (Lipinski definition) is 5. The first kappa shape index (κ1) is 13.2. The van der Waals surface area contributed by atoms with Crippen LogP contribution in [0, 0.1) is 0 Å². The third-order valence-corrected chi connectivity index (χ3v) is 3.78. The highest BCUT2D eigenvalue weighted by Crippen LogP contribution is 2.39. The molecule has 0 radical (unpaired) electrons. The van der Waals surface area contributed by atoms with Gasteiger partial charge in [-0.2, -0.15) is 0 Å². The Morgan fingerprint density at radius 2 is 2.20 bits per heavy atom. The van der Waals surface area contributed by atoms with Gasteiger partial charge in [0.1, 0.15) is 5.82 Å². The maximum absolute atomic E-state index is 12.0. The first-order valence-electron chi connectivity index (χ1n) is 6.27. The molecule has 0 aliphatic heterocycles. The molecule has 2 aromatic rings. The summed E-state index contributed by atoms with van der Waals surface area (Å²) in [5.41, 5.74) is 1.48. The van der Waals surface area contributed by atoms with Crippen LogP contribution >= 0.6 is 15.9 Å². The summed E-state index contributed by atoms with van der Waals surface area (Å²) in [6, 6.07) is 3.67. The molecule has 1 saturated carbocycles. The molecule has 6 heteroatoms. The Kier molecular flexibility index (Phi) is 3.48. The number of rotatable bonds is 3. The van der Waals surface area contributed by atoms with Crippen LogP contribution in [0.3, 0.4) is 0 Å². The topological polar surface area (TPSA) is 65.0 Å². The molecule has 0 unspecified atom stereocenters. The molecule has 5 nitrogen and oxygen atoms in total. The molecule has 0 bridgehead atoms. The number of methoxy groups -OCH3 is 1. The molecular formula is C14H12BrN3O2. The Bertz CT molecular complexity index is 671. The largest absolute Gasteiger partial charge is 0.464 e. The van der Waals surface area contributed by atoms with Gasteiger partial charge in [-0.05, 0) is 40.9 Å². The summed E-state index contributed by atoms with van der Waals surface area (Å²) >= 11 is 3.43. The molecule has 20 heavy (non-hydrogen) atoms. The summed E-state index contributed by atoms with van der Waals surface area (Å²) in [4.78, 5) is 25.0. The number of pyridine rings is 1. The Morgan fingerprint density at radius 3 is 2.85 bits per heavy atom. The lowest BCUT2D eigenvalue weighted by Crippen LogP contribution is -2.10. The predicted octanol–water partition coefficient (Wildman–Crippen LogP) is 2.97. The average Bonchev–Trinajstić information content (AvgIpc) is 3.31. The summed E-state index contributed by atoms with van der Waals surface area (Å²) in [7, 11) is 1.35. The molecule has 1 fully saturated rings. The van der Waals surface area contributed by atoms with Crippen LogP contribution in [0.5, 0.6) is 0 Å². The van der Waals surface area contributed by atoms with Crippen LogP contribution in [0.1, 0.15) is 35.1 Å². The van der Waals surface area contributed by atoms with Crippen molar-refractivity contribution in [2.45, 2.75) is 18.8 Å². The van der Waals surface area contributed by atoms with Crippen molar-refractivity contribution in [2.24, 2.45) is 0 Å². The van der Waals surface area contributed by atoms with Crippen molar-refractivity contribution in [3.63, 3.8) is 0 Å². The number of hydrogen-bond donors (Lipinski definition) is 0. The van der Waals surface area contributed by atoms with Gasteiger partial charge in [-0.25, -0.2) is 14.8 Å². The summed E-state index contributed by atoms with van der Waals surface area (Å²) in [6.45, 7) is 0. The minimum Gasteiger partial charge on any atom is -0.464 e. The van der Waals surface area contributed by atoms with Crippen LogP contribution in [-0.4, -0.2) is 28.0 Å². The van der Waals surface area contributed by atoms with E-state index >= 15 is 0 Å². The smallest absolute Gasteiger partial charge is 0.357 e. The highest BCUT2D eigenvalue weighted by Gasteiger charge is 2.29. The zero-order chi connectivity index (χ0) is 14.1. The van der Waals surface area contributed by atoms with E-state index in [0.29, 0.717) is 23.0 Å². The average molecular weight is 334 g/mol. The first-order valence-corrected chi connectivity index (χ1v) is 7.06. The van der Waals surface area contributed by atoms with E-state index in [2.05, 4.69) is 30.9 Å². The van der Waals surface area contributed by atoms with E-state index in [9.17, 15) is 4.79 Å². The molecule has 3 rings (SSSR count). The molecule has 102 valence electrons. The van der Waals surface area contributed by atoms with Crippen molar-refractivity contribution in [2.75, 3.05) is 7.11 Å². The Balaban J connectivity index is 2.14. The minimum atomic E-state index is -0.471. The predicted molar refractivity (Wildman–Crippen MR) is 76.3 cm³/mol. The number of nitrogens with zero attached hydrogens (tertiary/aromatic N) is 3. The normalized spacial score (nSPS) is 14.1. The van der Waals surface area contributed by atoms with Gasteiger partial charge in [-0.1, -0.05) is 0 Å². The molecular weight excluding hydrogens is 322 g/mol. The second-order valence-electron chi connectivity index (χ2n) is 4.59. The highest BCUT2D eigenvalue weighted by atomic mass is 79.9. The van der Waals surface area contributed by atoms with Crippen molar-refractivity contribution < 1.29 is 9.53 Å². The number of aromatic nitrogens is 3. The molecule has 0 spiro atoms. The van der Waals surface area contributed by atoms with Crippen molar-refractivity contribution in [1.29, 1.82) is 0 Å². The first-order chi connectivity index (χ1) is 9.70. The number of carbonyl (C=O) groups is 1. The van der Waals surface area contributed by atoms with Gasteiger partial charge >= 0.3 is 5.97 Å². The molecule has 0 N–H and O–H groups in total. The van der Waals surface area contributed by atoms with Crippen molar-refractivity contribution in [3.8, 4) is 11.3 Å². The fourth-order valence-electron chi connectivity index (χ4n) is 1.94. The van der Waals surface area contributed by atoms with Gasteiger partial charge in [-0.3, -0.25) is 4.98 Å². The lowest BCUT2D eigenvalue weighted by atomic mass is 10.1. The van der Waals surface area contributed by atoms with Gasteiger partial charge in [0.25, 0.3) is 0 Å². The van der Waals surface area contributed by atoms with Crippen LogP contribution in [0.25, 0.3) is 11.3 Å². The van der Waals surface area contributed by atoms with E-state index in [4.69, 9.17) is 4.74 Å². The second kappa shape index (κ2) is 5.28. The van der Waals surface area contributed by atoms with E-state index in [0.717, 1.165) is 17.3 Å².